The van der Waals surface area contributed by atoms with Crippen molar-refractivity contribution in [1.29, 1.82) is 0 Å². The molecule has 0 amide bonds. The Bertz CT molecular complexity index is 186. The first-order valence-corrected chi connectivity index (χ1v) is 3.71. The normalized spacial score (nSPS) is 13.3. The zero-order chi connectivity index (χ0) is 8.10. The molecule has 1 unspecified atom stereocenters. The molecule has 1 aromatic rings. The number of H-pyrrole nitrogens is 1. The fraction of sp³-hybridized carbons (Fsp3) is 0.571. The number of hydrogen-bond acceptors (Lipinski definition) is 3. The van der Waals surface area contributed by atoms with Crippen LogP contribution in [-0.2, 0) is 6.54 Å². The summed E-state index contributed by atoms with van der Waals surface area (Å²) in [5.41, 5.74) is 0.984. The number of nitrogens with zero attached hydrogens (tertiary/aromatic N) is 1. The maximum Gasteiger partial charge on any atom is 0.104 e. The lowest BCUT2D eigenvalue weighted by Crippen LogP contribution is -2.27. The molecule has 62 valence electrons. The highest BCUT2D eigenvalue weighted by atomic mass is 16.3. The monoisotopic (exact) mass is 155 g/mol. The molecule has 0 bridgehead atoms. The van der Waals surface area contributed by atoms with Crippen molar-refractivity contribution < 1.29 is 5.11 Å². The molecule has 1 rings (SSSR count). The van der Waals surface area contributed by atoms with Crippen molar-refractivity contribution in [3.8, 4) is 0 Å². The van der Waals surface area contributed by atoms with Crippen molar-refractivity contribution in [2.24, 2.45) is 0 Å². The van der Waals surface area contributed by atoms with E-state index in [0.717, 1.165) is 5.69 Å². The van der Waals surface area contributed by atoms with Crippen molar-refractivity contribution in [3.05, 3.63) is 18.2 Å². The molecule has 1 heterocycles. The molecular formula is C7H13N3O. The zero-order valence-electron chi connectivity index (χ0n) is 6.54. The van der Waals surface area contributed by atoms with E-state index >= 15 is 0 Å². The summed E-state index contributed by atoms with van der Waals surface area (Å²) in [4.78, 5) is 6.78. The summed E-state index contributed by atoms with van der Waals surface area (Å²) in [6.45, 7) is 2.56. The van der Waals surface area contributed by atoms with Crippen molar-refractivity contribution in [1.82, 2.24) is 15.3 Å². The minimum absolute atomic E-state index is 0.418. The van der Waals surface area contributed by atoms with Gasteiger partial charge in [-0.2, -0.15) is 0 Å². The lowest BCUT2D eigenvalue weighted by molar-refractivity contribution is 0.131. The Balaban J connectivity index is 2.23. The van der Waals surface area contributed by atoms with Gasteiger partial charge in [0.25, 0.3) is 0 Å². The van der Waals surface area contributed by atoms with Gasteiger partial charge >= 0.3 is 0 Å². The second-order valence-electron chi connectivity index (χ2n) is 2.38. The average molecular weight is 155 g/mol. The maximum absolute atomic E-state index is 9.11. The van der Waals surface area contributed by atoms with E-state index in [0.29, 0.717) is 13.0 Å². The second kappa shape index (κ2) is 4.10. The number of aliphatic hydroxyl groups is 1. The third-order valence-electron chi connectivity index (χ3n) is 1.47. The predicted octanol–water partition coefficient (Wildman–Crippen LogP) is 0.228. The van der Waals surface area contributed by atoms with Gasteiger partial charge in [-0.1, -0.05) is 6.92 Å². The Kier molecular flexibility index (Phi) is 3.07. The SMILES string of the molecule is CCC(O)NCc1cnc[nH]1. The zero-order valence-corrected chi connectivity index (χ0v) is 6.54. The van der Waals surface area contributed by atoms with Gasteiger partial charge in [0.2, 0.25) is 0 Å². The van der Waals surface area contributed by atoms with E-state index < -0.39 is 6.23 Å². The number of aromatic amines is 1. The molecule has 0 fully saturated rings. The van der Waals surface area contributed by atoms with Crippen LogP contribution in [0, 0.1) is 0 Å². The Morgan fingerprint density at radius 2 is 2.64 bits per heavy atom. The molecule has 11 heavy (non-hydrogen) atoms. The highest BCUT2D eigenvalue weighted by molar-refractivity contribution is 4.93. The standard InChI is InChI=1S/C7H13N3O/c1-2-7(11)9-4-6-3-8-5-10-6/h3,5,7,9,11H,2,4H2,1H3,(H,8,10). The first-order valence-electron chi connectivity index (χ1n) is 3.71. The van der Waals surface area contributed by atoms with Crippen LogP contribution in [0.25, 0.3) is 0 Å². The van der Waals surface area contributed by atoms with Crippen LogP contribution in [-0.4, -0.2) is 21.3 Å². The fourth-order valence-electron chi connectivity index (χ4n) is 0.753. The number of hydrogen-bond donors (Lipinski definition) is 3. The molecule has 0 spiro atoms. The summed E-state index contributed by atoms with van der Waals surface area (Å²) in [7, 11) is 0. The third-order valence-corrected chi connectivity index (χ3v) is 1.47. The smallest absolute Gasteiger partial charge is 0.104 e. The van der Waals surface area contributed by atoms with Gasteiger partial charge in [0.05, 0.1) is 6.33 Å². The molecule has 0 aliphatic heterocycles. The summed E-state index contributed by atoms with van der Waals surface area (Å²) in [6, 6.07) is 0. The molecule has 1 atom stereocenters. The average Bonchev–Trinajstić information content (AvgIpc) is 2.52. The molecular weight excluding hydrogens is 142 g/mol. The van der Waals surface area contributed by atoms with Crippen LogP contribution >= 0.6 is 0 Å². The van der Waals surface area contributed by atoms with Crippen molar-refractivity contribution in [2.75, 3.05) is 0 Å². The van der Waals surface area contributed by atoms with E-state index in [4.69, 9.17) is 5.11 Å². The van der Waals surface area contributed by atoms with E-state index in [2.05, 4.69) is 15.3 Å². The molecule has 0 aliphatic rings. The van der Waals surface area contributed by atoms with Crippen LogP contribution in [0.1, 0.15) is 19.0 Å². The molecule has 0 saturated carbocycles. The first kappa shape index (κ1) is 8.23. The summed E-state index contributed by atoms with van der Waals surface area (Å²) >= 11 is 0. The molecule has 0 aliphatic carbocycles. The third kappa shape index (κ3) is 2.69. The van der Waals surface area contributed by atoms with E-state index in [9.17, 15) is 0 Å². The Labute approximate surface area is 65.7 Å². The minimum Gasteiger partial charge on any atom is -0.379 e. The Hall–Kier alpha value is -0.870. The van der Waals surface area contributed by atoms with Crippen LogP contribution < -0.4 is 5.32 Å². The summed E-state index contributed by atoms with van der Waals surface area (Å²) < 4.78 is 0. The van der Waals surface area contributed by atoms with Gasteiger partial charge < -0.3 is 10.1 Å². The highest BCUT2D eigenvalue weighted by Gasteiger charge is 1.98. The van der Waals surface area contributed by atoms with Crippen LogP contribution in [0.5, 0.6) is 0 Å². The molecule has 0 aromatic carbocycles. The van der Waals surface area contributed by atoms with E-state index in [1.165, 1.54) is 0 Å². The van der Waals surface area contributed by atoms with Crippen molar-refractivity contribution in [3.63, 3.8) is 0 Å². The lowest BCUT2D eigenvalue weighted by Gasteiger charge is -2.07. The lowest BCUT2D eigenvalue weighted by atomic mass is 10.4. The summed E-state index contributed by atoms with van der Waals surface area (Å²) in [5, 5.41) is 12.0. The van der Waals surface area contributed by atoms with Gasteiger partial charge in [0, 0.05) is 18.4 Å². The summed E-state index contributed by atoms with van der Waals surface area (Å²) in [5.74, 6) is 0. The van der Waals surface area contributed by atoms with E-state index in [-0.39, 0.29) is 0 Å². The van der Waals surface area contributed by atoms with Crippen molar-refractivity contribution in [2.45, 2.75) is 26.1 Å². The molecule has 4 heteroatoms. The molecule has 0 saturated heterocycles. The van der Waals surface area contributed by atoms with Crippen LogP contribution in [0.3, 0.4) is 0 Å². The number of imidazole rings is 1. The second-order valence-corrected chi connectivity index (χ2v) is 2.38. The topological polar surface area (TPSA) is 60.9 Å². The molecule has 4 nitrogen and oxygen atoms in total. The van der Waals surface area contributed by atoms with Gasteiger partial charge in [-0.15, -0.1) is 0 Å². The molecule has 0 radical (unpaired) electrons. The maximum atomic E-state index is 9.11. The van der Waals surface area contributed by atoms with Crippen LogP contribution in [0.4, 0.5) is 0 Å². The molecule has 1 aromatic heterocycles. The number of nitrogens with one attached hydrogen (secondary N) is 2. The van der Waals surface area contributed by atoms with E-state index in [1.54, 1.807) is 12.5 Å². The van der Waals surface area contributed by atoms with Gasteiger partial charge in [-0.3, -0.25) is 5.32 Å². The van der Waals surface area contributed by atoms with Gasteiger partial charge in [0.1, 0.15) is 6.23 Å². The first-order chi connectivity index (χ1) is 5.33. The van der Waals surface area contributed by atoms with Gasteiger partial charge in [0.15, 0.2) is 0 Å². The van der Waals surface area contributed by atoms with E-state index in [1.807, 2.05) is 6.92 Å². The largest absolute Gasteiger partial charge is 0.379 e. The number of rotatable bonds is 4. The predicted molar refractivity (Wildman–Crippen MR) is 41.7 cm³/mol. The highest BCUT2D eigenvalue weighted by Crippen LogP contribution is 1.91. The van der Waals surface area contributed by atoms with Crippen LogP contribution in [0.15, 0.2) is 12.5 Å². The Morgan fingerprint density at radius 3 is 3.18 bits per heavy atom. The van der Waals surface area contributed by atoms with Crippen LogP contribution in [0.2, 0.25) is 0 Å². The fourth-order valence-corrected chi connectivity index (χ4v) is 0.753. The van der Waals surface area contributed by atoms with Gasteiger partial charge in [-0.25, -0.2) is 4.98 Å². The number of aromatic nitrogens is 2. The Morgan fingerprint density at radius 1 is 1.82 bits per heavy atom. The summed E-state index contributed by atoms with van der Waals surface area (Å²) in [6.07, 6.45) is 3.65. The quantitative estimate of drug-likeness (QED) is 0.545. The number of aliphatic hydroxyl groups excluding tert-OH is 1. The van der Waals surface area contributed by atoms with Crippen molar-refractivity contribution >= 4 is 0 Å². The van der Waals surface area contributed by atoms with Gasteiger partial charge in [-0.05, 0) is 6.42 Å². The molecule has 3 N–H and O–H groups in total. The minimum atomic E-state index is -0.418.